The Hall–Kier alpha value is -1.15. The molecule has 4 unspecified atom stereocenters. The molecule has 0 aromatic heterocycles. The third kappa shape index (κ3) is 2.59. The molecule has 1 N–H and O–H groups in total. The topological polar surface area (TPSA) is 29.1 Å². The Morgan fingerprint density at radius 3 is 2.74 bits per heavy atom. The van der Waals surface area contributed by atoms with Crippen LogP contribution in [0.15, 0.2) is 30.3 Å². The summed E-state index contributed by atoms with van der Waals surface area (Å²) in [7, 11) is 0. The summed E-state index contributed by atoms with van der Waals surface area (Å²) in [4.78, 5) is 12.4. The van der Waals surface area contributed by atoms with Gasteiger partial charge < -0.3 is 5.32 Å². The number of hydrogen-bond donors (Lipinski definition) is 1. The predicted octanol–water partition coefficient (Wildman–Crippen LogP) is 3.49. The van der Waals surface area contributed by atoms with E-state index in [0.29, 0.717) is 18.2 Å². The minimum atomic E-state index is 0.230. The lowest BCUT2D eigenvalue weighted by Gasteiger charge is -2.42. The lowest BCUT2D eigenvalue weighted by Crippen LogP contribution is -2.50. The molecule has 2 fully saturated rings. The van der Waals surface area contributed by atoms with Crippen molar-refractivity contribution in [2.45, 2.75) is 51.1 Å². The Bertz CT molecular complexity index is 442. The Morgan fingerprint density at radius 2 is 2.00 bits per heavy atom. The first-order valence-electron chi connectivity index (χ1n) is 7.61. The average molecular weight is 257 g/mol. The van der Waals surface area contributed by atoms with E-state index in [-0.39, 0.29) is 12.0 Å². The number of benzene rings is 1. The highest BCUT2D eigenvalue weighted by Gasteiger charge is 2.40. The Kier molecular flexibility index (Phi) is 3.69. The molecule has 1 aromatic rings. The van der Waals surface area contributed by atoms with Gasteiger partial charge >= 0.3 is 0 Å². The van der Waals surface area contributed by atoms with E-state index in [1.165, 1.54) is 18.4 Å². The van der Waals surface area contributed by atoms with E-state index in [1.807, 2.05) is 6.07 Å². The zero-order valence-electron chi connectivity index (χ0n) is 11.6. The number of rotatable bonds is 2. The third-order valence-electron chi connectivity index (χ3n) is 4.97. The number of carbonyl (C=O) groups excluding carboxylic acids is 1. The molecule has 1 saturated carbocycles. The quantitative estimate of drug-likeness (QED) is 0.878. The van der Waals surface area contributed by atoms with Crippen LogP contribution >= 0.6 is 0 Å². The molecular weight excluding hydrogens is 234 g/mol. The highest BCUT2D eigenvalue weighted by molar-refractivity contribution is 5.83. The lowest BCUT2D eigenvalue weighted by molar-refractivity contribution is -0.128. The van der Waals surface area contributed by atoms with Crippen LogP contribution in [-0.2, 0) is 4.79 Å². The van der Waals surface area contributed by atoms with Crippen LogP contribution in [0.3, 0.4) is 0 Å². The second kappa shape index (κ2) is 5.46. The maximum atomic E-state index is 12.4. The number of fused-ring (bicyclic) bond motifs is 1. The smallest absolute Gasteiger partial charge is 0.139 e. The second-order valence-corrected chi connectivity index (χ2v) is 6.10. The first-order chi connectivity index (χ1) is 9.28. The van der Waals surface area contributed by atoms with Crippen LogP contribution in [-0.4, -0.2) is 11.8 Å². The molecule has 102 valence electrons. The summed E-state index contributed by atoms with van der Waals surface area (Å²) in [6.07, 6.45) is 5.44. The van der Waals surface area contributed by atoms with Crippen molar-refractivity contribution in [1.82, 2.24) is 5.32 Å². The number of nitrogens with one attached hydrogen (secondary N) is 1. The molecule has 1 aromatic carbocycles. The monoisotopic (exact) mass is 257 g/mol. The van der Waals surface area contributed by atoms with Crippen molar-refractivity contribution in [3.05, 3.63) is 35.9 Å². The van der Waals surface area contributed by atoms with Gasteiger partial charge in [0.15, 0.2) is 0 Å². The summed E-state index contributed by atoms with van der Waals surface area (Å²) in [6.45, 7) is 2.25. The van der Waals surface area contributed by atoms with Gasteiger partial charge in [-0.05, 0) is 30.7 Å². The number of Topliss-reactive ketones (excluding diaryl/α,β-unsaturated/α-hetero) is 1. The predicted molar refractivity (Wildman–Crippen MR) is 76.9 cm³/mol. The number of ketones is 1. The van der Waals surface area contributed by atoms with Crippen molar-refractivity contribution in [3.63, 3.8) is 0 Å². The molecule has 0 amide bonds. The van der Waals surface area contributed by atoms with Gasteiger partial charge in [0.1, 0.15) is 5.78 Å². The molecule has 1 aliphatic heterocycles. The van der Waals surface area contributed by atoms with E-state index in [4.69, 9.17) is 0 Å². The zero-order valence-corrected chi connectivity index (χ0v) is 11.6. The van der Waals surface area contributed by atoms with Gasteiger partial charge in [0, 0.05) is 24.4 Å². The van der Waals surface area contributed by atoms with E-state index < -0.39 is 0 Å². The summed E-state index contributed by atoms with van der Waals surface area (Å²) >= 11 is 0. The SMILES string of the molecule is CCC1CCC2NC(c3ccccc3)CC(=O)C2C1. The summed E-state index contributed by atoms with van der Waals surface area (Å²) < 4.78 is 0. The van der Waals surface area contributed by atoms with Gasteiger partial charge in [-0.3, -0.25) is 4.79 Å². The largest absolute Gasteiger partial charge is 0.306 e. The van der Waals surface area contributed by atoms with Crippen LogP contribution in [0, 0.1) is 11.8 Å². The minimum absolute atomic E-state index is 0.230. The Labute approximate surface area is 115 Å². The highest BCUT2D eigenvalue weighted by atomic mass is 16.1. The molecule has 0 spiro atoms. The molecule has 0 radical (unpaired) electrons. The van der Waals surface area contributed by atoms with Gasteiger partial charge in [-0.2, -0.15) is 0 Å². The second-order valence-electron chi connectivity index (χ2n) is 6.10. The molecule has 19 heavy (non-hydrogen) atoms. The molecule has 1 aliphatic carbocycles. The first-order valence-corrected chi connectivity index (χ1v) is 7.61. The average Bonchev–Trinajstić information content (AvgIpc) is 2.48. The summed E-state index contributed by atoms with van der Waals surface area (Å²) in [5.41, 5.74) is 1.26. The molecular formula is C17H23NO. The molecule has 2 heteroatoms. The van der Waals surface area contributed by atoms with Gasteiger partial charge in [-0.15, -0.1) is 0 Å². The van der Waals surface area contributed by atoms with Crippen molar-refractivity contribution in [2.75, 3.05) is 0 Å². The van der Waals surface area contributed by atoms with E-state index >= 15 is 0 Å². The first kappa shape index (κ1) is 12.9. The molecule has 3 rings (SSSR count). The molecule has 1 heterocycles. The molecule has 1 saturated heterocycles. The van der Waals surface area contributed by atoms with Crippen molar-refractivity contribution >= 4 is 5.78 Å². The molecule has 0 bridgehead atoms. The minimum Gasteiger partial charge on any atom is -0.306 e. The number of carbonyl (C=O) groups is 1. The van der Waals surface area contributed by atoms with E-state index in [9.17, 15) is 4.79 Å². The molecule has 4 atom stereocenters. The maximum Gasteiger partial charge on any atom is 0.139 e. The van der Waals surface area contributed by atoms with Crippen molar-refractivity contribution < 1.29 is 4.79 Å². The number of hydrogen-bond acceptors (Lipinski definition) is 2. The Morgan fingerprint density at radius 1 is 1.21 bits per heavy atom. The van der Waals surface area contributed by atoms with Crippen LogP contribution in [0.25, 0.3) is 0 Å². The van der Waals surface area contributed by atoms with Gasteiger partial charge in [0.2, 0.25) is 0 Å². The fourth-order valence-corrected chi connectivity index (χ4v) is 3.75. The van der Waals surface area contributed by atoms with E-state index in [2.05, 4.69) is 36.5 Å². The number of piperidine rings is 1. The maximum absolute atomic E-state index is 12.4. The van der Waals surface area contributed by atoms with Crippen LogP contribution in [0.4, 0.5) is 0 Å². The van der Waals surface area contributed by atoms with Crippen LogP contribution in [0.2, 0.25) is 0 Å². The standard InChI is InChI=1S/C17H23NO/c1-2-12-8-9-15-14(10-12)17(19)11-16(18-15)13-6-4-3-5-7-13/h3-7,12,14-16,18H,2,8-11H2,1H3. The summed E-state index contributed by atoms with van der Waals surface area (Å²) in [5, 5.41) is 3.73. The van der Waals surface area contributed by atoms with Gasteiger partial charge in [-0.25, -0.2) is 0 Å². The van der Waals surface area contributed by atoms with Crippen molar-refractivity contribution in [1.29, 1.82) is 0 Å². The summed E-state index contributed by atoms with van der Waals surface area (Å²) in [6, 6.07) is 11.0. The zero-order chi connectivity index (χ0) is 13.2. The van der Waals surface area contributed by atoms with Gasteiger partial charge in [0.25, 0.3) is 0 Å². The molecule has 2 nitrogen and oxygen atoms in total. The Balaban J connectivity index is 1.74. The van der Waals surface area contributed by atoms with E-state index in [0.717, 1.165) is 18.8 Å². The fourth-order valence-electron chi connectivity index (χ4n) is 3.75. The van der Waals surface area contributed by atoms with E-state index in [1.54, 1.807) is 0 Å². The van der Waals surface area contributed by atoms with Crippen molar-refractivity contribution in [3.8, 4) is 0 Å². The van der Waals surface area contributed by atoms with Crippen LogP contribution < -0.4 is 5.32 Å². The molecule has 2 aliphatic rings. The van der Waals surface area contributed by atoms with Gasteiger partial charge in [-0.1, -0.05) is 43.7 Å². The lowest BCUT2D eigenvalue weighted by atomic mass is 9.71. The summed E-state index contributed by atoms with van der Waals surface area (Å²) in [5.74, 6) is 1.52. The normalized spacial score (nSPS) is 34.9. The van der Waals surface area contributed by atoms with Crippen molar-refractivity contribution in [2.24, 2.45) is 11.8 Å². The third-order valence-corrected chi connectivity index (χ3v) is 4.97. The fraction of sp³-hybridized carbons (Fsp3) is 0.588. The van der Waals surface area contributed by atoms with Gasteiger partial charge in [0.05, 0.1) is 0 Å². The highest BCUT2D eigenvalue weighted by Crippen LogP contribution is 2.38. The van der Waals surface area contributed by atoms with Crippen LogP contribution in [0.1, 0.15) is 50.6 Å². The van der Waals surface area contributed by atoms with Crippen LogP contribution in [0.5, 0.6) is 0 Å².